The van der Waals surface area contributed by atoms with E-state index in [1.54, 1.807) is 20.4 Å². The van der Waals surface area contributed by atoms with E-state index in [0.717, 1.165) is 80.2 Å². The van der Waals surface area contributed by atoms with Crippen LogP contribution in [0.15, 0.2) is 36.5 Å². The van der Waals surface area contributed by atoms with E-state index in [2.05, 4.69) is 60.2 Å². The Bertz CT molecular complexity index is 1390. The van der Waals surface area contributed by atoms with Crippen molar-refractivity contribution in [2.75, 3.05) is 45.8 Å². The molecule has 39 heavy (non-hydrogen) atoms. The van der Waals surface area contributed by atoms with Gasteiger partial charge in [-0.25, -0.2) is 9.97 Å². The number of ether oxygens (including phenoxy) is 2. The molecule has 0 atom stereocenters. The lowest BCUT2D eigenvalue weighted by Crippen LogP contribution is -2.35. The van der Waals surface area contributed by atoms with E-state index in [1.807, 2.05) is 12.1 Å². The normalized spacial score (nSPS) is 17.0. The number of aromatic nitrogens is 2. The van der Waals surface area contributed by atoms with Crippen molar-refractivity contribution in [3.05, 3.63) is 64.3 Å². The number of methoxy groups -OCH3 is 2. The highest BCUT2D eigenvalue weighted by Gasteiger charge is 2.32. The van der Waals surface area contributed by atoms with Crippen LogP contribution in [-0.2, 0) is 16.6 Å². The number of anilines is 2. The Morgan fingerprint density at radius 2 is 1.95 bits per heavy atom. The molecule has 1 aromatic heterocycles. The topological polar surface area (TPSA) is 83.3 Å². The fraction of sp³-hybridized carbons (Fsp3) is 0.469. The predicted molar refractivity (Wildman–Crippen MR) is 155 cm³/mol. The molecule has 0 radical (unpaired) electrons. The van der Waals surface area contributed by atoms with Gasteiger partial charge in [0.15, 0.2) is 0 Å². The summed E-state index contributed by atoms with van der Waals surface area (Å²) in [5.41, 5.74) is 8.41. The first-order chi connectivity index (χ1) is 18.8. The molecule has 0 amide bonds. The fourth-order valence-electron chi connectivity index (χ4n) is 6.16. The predicted octanol–water partition coefficient (Wildman–Crippen LogP) is 6.13. The summed E-state index contributed by atoms with van der Waals surface area (Å²) in [6.45, 7) is 10.6. The van der Waals surface area contributed by atoms with Crippen molar-refractivity contribution in [3.8, 4) is 23.1 Å². The number of fused-ring (bicyclic) bond motifs is 1. The number of benzene rings is 2. The Morgan fingerprint density at radius 1 is 1.15 bits per heavy atom. The summed E-state index contributed by atoms with van der Waals surface area (Å²) in [5.74, 6) is 1.81. The van der Waals surface area contributed by atoms with Gasteiger partial charge < -0.3 is 19.7 Å². The van der Waals surface area contributed by atoms with E-state index >= 15 is 0 Å². The average Bonchev–Trinajstić information content (AvgIpc) is 3.26. The lowest BCUT2D eigenvalue weighted by Gasteiger charge is -2.33. The highest BCUT2D eigenvalue weighted by Crippen LogP contribution is 2.42. The van der Waals surface area contributed by atoms with Crippen molar-refractivity contribution in [2.45, 2.75) is 57.8 Å². The Morgan fingerprint density at radius 3 is 2.67 bits per heavy atom. The van der Waals surface area contributed by atoms with Crippen molar-refractivity contribution >= 4 is 11.6 Å². The van der Waals surface area contributed by atoms with Gasteiger partial charge in [0.1, 0.15) is 5.75 Å². The molecule has 0 bridgehead atoms. The van der Waals surface area contributed by atoms with Crippen LogP contribution >= 0.6 is 0 Å². The summed E-state index contributed by atoms with van der Waals surface area (Å²) < 4.78 is 11.1. The Kier molecular flexibility index (Phi) is 7.88. The number of aryl methyl sites for hydroxylation is 1. The SMILES string of the molecule is COCCN1CCC(c2cc(OC)c(Nc3nccc(-c4cc(C#N)c5c(c4)C(C)(C)CC5)n3)cc2C)CC1. The third-order valence-corrected chi connectivity index (χ3v) is 8.52. The fourth-order valence-corrected chi connectivity index (χ4v) is 6.16. The molecule has 1 aliphatic heterocycles. The summed E-state index contributed by atoms with van der Waals surface area (Å²) >= 11 is 0. The monoisotopic (exact) mass is 525 g/mol. The first-order valence-electron chi connectivity index (χ1n) is 13.9. The molecule has 0 unspecified atom stereocenters. The largest absolute Gasteiger partial charge is 0.495 e. The molecule has 1 fully saturated rings. The molecule has 3 aromatic rings. The van der Waals surface area contributed by atoms with Gasteiger partial charge in [-0.3, -0.25) is 0 Å². The molecule has 204 valence electrons. The zero-order chi connectivity index (χ0) is 27.6. The van der Waals surface area contributed by atoms with Crippen LogP contribution in [-0.4, -0.2) is 55.3 Å². The lowest BCUT2D eigenvalue weighted by molar-refractivity contribution is 0.130. The Hall–Kier alpha value is -3.47. The highest BCUT2D eigenvalue weighted by atomic mass is 16.5. The van der Waals surface area contributed by atoms with Crippen molar-refractivity contribution in [1.82, 2.24) is 14.9 Å². The van der Waals surface area contributed by atoms with Gasteiger partial charge in [-0.15, -0.1) is 0 Å². The van der Waals surface area contributed by atoms with Gasteiger partial charge in [-0.1, -0.05) is 13.8 Å². The van der Waals surface area contributed by atoms with Gasteiger partial charge in [0.25, 0.3) is 0 Å². The van der Waals surface area contributed by atoms with Gasteiger partial charge in [-0.05, 0) is 110 Å². The minimum atomic E-state index is 0.0538. The van der Waals surface area contributed by atoms with Crippen LogP contribution in [0.3, 0.4) is 0 Å². The van der Waals surface area contributed by atoms with Gasteiger partial charge in [-0.2, -0.15) is 5.26 Å². The van der Waals surface area contributed by atoms with E-state index in [9.17, 15) is 5.26 Å². The van der Waals surface area contributed by atoms with Crippen molar-refractivity contribution < 1.29 is 9.47 Å². The lowest BCUT2D eigenvalue weighted by atomic mass is 9.84. The number of likely N-dealkylation sites (tertiary alicyclic amines) is 1. The molecule has 2 aromatic carbocycles. The second-order valence-electron chi connectivity index (χ2n) is 11.5. The standard InChI is InChI=1S/C32H39N5O2/c1-21-16-29(30(39-5)19-26(21)22-8-12-37(13-9-22)14-15-38-4)36-31-34-11-7-28(35-31)23-17-24(20-33)25-6-10-32(2,3)27(25)18-23/h7,11,16-19,22H,6,8-10,12-15H2,1-5H3,(H,34,35,36). The molecule has 0 saturated carbocycles. The van der Waals surface area contributed by atoms with Crippen LogP contribution in [0.4, 0.5) is 11.6 Å². The third kappa shape index (κ3) is 5.63. The second-order valence-corrected chi connectivity index (χ2v) is 11.5. The molecule has 5 rings (SSSR count). The third-order valence-electron chi connectivity index (χ3n) is 8.52. The summed E-state index contributed by atoms with van der Waals surface area (Å²) in [6, 6.07) is 12.8. The van der Waals surface area contributed by atoms with E-state index in [0.29, 0.717) is 11.9 Å². The summed E-state index contributed by atoms with van der Waals surface area (Å²) in [6.07, 6.45) is 6.03. The first-order valence-corrected chi connectivity index (χ1v) is 13.9. The molecular formula is C32H39N5O2. The number of hydrogen-bond acceptors (Lipinski definition) is 7. The van der Waals surface area contributed by atoms with Gasteiger partial charge in [0, 0.05) is 25.4 Å². The number of nitriles is 1. The number of nitrogens with one attached hydrogen (secondary N) is 1. The summed E-state index contributed by atoms with van der Waals surface area (Å²) in [5, 5.41) is 13.2. The molecule has 1 saturated heterocycles. The number of nitrogens with zero attached hydrogens (tertiary/aromatic N) is 4. The van der Waals surface area contributed by atoms with E-state index in [-0.39, 0.29) is 5.41 Å². The minimum Gasteiger partial charge on any atom is -0.495 e. The van der Waals surface area contributed by atoms with Gasteiger partial charge >= 0.3 is 0 Å². The Labute approximate surface area is 232 Å². The molecule has 1 N–H and O–H groups in total. The van der Waals surface area contributed by atoms with Crippen molar-refractivity contribution in [2.24, 2.45) is 0 Å². The molecule has 7 heteroatoms. The van der Waals surface area contributed by atoms with E-state index in [4.69, 9.17) is 14.5 Å². The molecule has 2 heterocycles. The van der Waals surface area contributed by atoms with Crippen LogP contribution in [0.1, 0.15) is 66.8 Å². The maximum atomic E-state index is 9.82. The molecule has 7 nitrogen and oxygen atoms in total. The second kappa shape index (κ2) is 11.3. The van der Waals surface area contributed by atoms with Crippen LogP contribution in [0.5, 0.6) is 5.75 Å². The zero-order valence-electron chi connectivity index (χ0n) is 23.8. The molecule has 0 spiro atoms. The number of rotatable bonds is 8. The Balaban J connectivity index is 1.38. The van der Waals surface area contributed by atoms with E-state index in [1.165, 1.54) is 22.3 Å². The zero-order valence-corrected chi connectivity index (χ0v) is 23.8. The summed E-state index contributed by atoms with van der Waals surface area (Å²) in [7, 11) is 3.47. The molecule has 1 aliphatic carbocycles. The maximum Gasteiger partial charge on any atom is 0.227 e. The van der Waals surface area contributed by atoms with Crippen molar-refractivity contribution in [1.29, 1.82) is 5.26 Å². The van der Waals surface area contributed by atoms with Gasteiger partial charge in [0.2, 0.25) is 5.95 Å². The quantitative estimate of drug-likeness (QED) is 0.379. The number of piperidine rings is 1. The summed E-state index contributed by atoms with van der Waals surface area (Å²) in [4.78, 5) is 11.8. The van der Waals surface area contributed by atoms with Crippen LogP contribution in [0.2, 0.25) is 0 Å². The molecular weight excluding hydrogens is 486 g/mol. The minimum absolute atomic E-state index is 0.0538. The maximum absolute atomic E-state index is 9.82. The van der Waals surface area contributed by atoms with Gasteiger partial charge in [0.05, 0.1) is 36.7 Å². The van der Waals surface area contributed by atoms with Crippen LogP contribution in [0.25, 0.3) is 11.3 Å². The van der Waals surface area contributed by atoms with Crippen LogP contribution < -0.4 is 10.1 Å². The number of hydrogen-bond donors (Lipinski definition) is 1. The van der Waals surface area contributed by atoms with Crippen molar-refractivity contribution in [3.63, 3.8) is 0 Å². The molecule has 2 aliphatic rings. The average molecular weight is 526 g/mol. The highest BCUT2D eigenvalue weighted by molar-refractivity contribution is 5.70. The van der Waals surface area contributed by atoms with E-state index < -0.39 is 0 Å². The smallest absolute Gasteiger partial charge is 0.227 e. The van der Waals surface area contributed by atoms with Crippen LogP contribution in [0, 0.1) is 18.3 Å². The first kappa shape index (κ1) is 27.1.